The fourth-order valence-corrected chi connectivity index (χ4v) is 3.99. The minimum absolute atomic E-state index is 0.0393. The lowest BCUT2D eigenvalue weighted by molar-refractivity contribution is -0.136. The smallest absolute Gasteiger partial charge is 0.303 e. The van der Waals surface area contributed by atoms with E-state index in [0.29, 0.717) is 33.7 Å². The number of carbonyl (C=O) groups is 1. The first-order valence-corrected chi connectivity index (χ1v) is 11.9. The fourth-order valence-electron chi connectivity index (χ4n) is 2.60. The normalized spacial score (nSPS) is 11.7. The van der Waals surface area contributed by atoms with Gasteiger partial charge in [-0.1, -0.05) is 6.07 Å². The average molecular weight is 547 g/mol. The van der Waals surface area contributed by atoms with Crippen LogP contribution in [0.15, 0.2) is 39.3 Å². The van der Waals surface area contributed by atoms with E-state index in [1.165, 1.54) is 0 Å². The number of hydrogen-bond donors (Lipinski definition) is 3. The van der Waals surface area contributed by atoms with Crippen LogP contribution in [-0.4, -0.2) is 35.7 Å². The molecule has 0 aliphatic heterocycles. The summed E-state index contributed by atoms with van der Waals surface area (Å²) in [4.78, 5) is 18.2. The molecule has 2 aromatic carbocycles. The Morgan fingerprint density at radius 2 is 2.00 bits per heavy atom. The third kappa shape index (κ3) is 5.78. The van der Waals surface area contributed by atoms with Gasteiger partial charge in [-0.2, -0.15) is 0 Å². The summed E-state index contributed by atoms with van der Waals surface area (Å²) in [5, 5.41) is 8.85. The summed E-state index contributed by atoms with van der Waals surface area (Å²) < 4.78 is 32.2. The Hall–Kier alpha value is -1.95. The quantitative estimate of drug-likeness (QED) is 0.393. The first kappa shape index (κ1) is 21.8. The maximum absolute atomic E-state index is 11.2. The first-order valence-electron chi connectivity index (χ1n) is 8.42. The number of fused-ring (bicyclic) bond motifs is 1. The number of rotatable bonds is 8. The lowest BCUT2D eigenvalue weighted by Gasteiger charge is -2.12. The van der Waals surface area contributed by atoms with Crippen molar-refractivity contribution in [2.45, 2.75) is 19.4 Å². The molecule has 0 aliphatic rings. The number of ether oxygens (including phenoxy) is 1. The van der Waals surface area contributed by atoms with Crippen LogP contribution in [0.2, 0.25) is 0 Å². The van der Waals surface area contributed by atoms with Gasteiger partial charge in [-0.3, -0.25) is 4.79 Å². The van der Waals surface area contributed by atoms with Gasteiger partial charge in [0.2, 0.25) is 10.0 Å². The zero-order valence-electron chi connectivity index (χ0n) is 15.2. The van der Waals surface area contributed by atoms with E-state index in [1.54, 1.807) is 24.3 Å². The molecular weight excluding hydrogens is 530 g/mol. The van der Waals surface area contributed by atoms with E-state index in [0.717, 1.165) is 21.8 Å². The SMILES string of the molecule is CS(=O)(=O)NCc1nc2cc(Oc3ccc(CCC(=O)O)c(Br)c3Br)ccc2[nH]1. The molecule has 0 fully saturated rings. The highest BCUT2D eigenvalue weighted by atomic mass is 79.9. The van der Waals surface area contributed by atoms with Crippen LogP contribution in [0.1, 0.15) is 17.8 Å². The van der Waals surface area contributed by atoms with Crippen molar-refractivity contribution in [3.05, 3.63) is 50.7 Å². The molecule has 1 aromatic heterocycles. The number of aliphatic carboxylic acids is 1. The van der Waals surface area contributed by atoms with E-state index in [1.807, 2.05) is 6.07 Å². The van der Waals surface area contributed by atoms with Gasteiger partial charge in [0.15, 0.2) is 0 Å². The van der Waals surface area contributed by atoms with E-state index >= 15 is 0 Å². The van der Waals surface area contributed by atoms with E-state index in [9.17, 15) is 13.2 Å². The van der Waals surface area contributed by atoms with Crippen LogP contribution >= 0.6 is 31.9 Å². The number of imidazole rings is 1. The molecule has 0 saturated carbocycles. The molecule has 1 heterocycles. The molecule has 154 valence electrons. The molecule has 0 unspecified atom stereocenters. The number of carboxylic acid groups (broad SMARTS) is 1. The second-order valence-corrected chi connectivity index (χ2v) is 9.72. The number of sulfonamides is 1. The molecule has 0 bridgehead atoms. The predicted octanol–water partition coefficient (Wildman–Crippen LogP) is 3.95. The van der Waals surface area contributed by atoms with Gasteiger partial charge in [-0.05, 0) is 62.0 Å². The standard InChI is InChI=1S/C18H17Br2N3O5S/c1-29(26,27)21-9-15-22-12-5-4-11(8-13(12)23-15)28-14-6-2-10(3-7-16(24)25)17(19)18(14)20/h2,4-6,8,21H,3,7,9H2,1H3,(H,22,23)(H,24,25). The van der Waals surface area contributed by atoms with Crippen LogP contribution in [-0.2, 0) is 27.8 Å². The molecule has 29 heavy (non-hydrogen) atoms. The number of nitrogens with zero attached hydrogens (tertiary/aromatic N) is 1. The highest BCUT2D eigenvalue weighted by Gasteiger charge is 2.13. The molecule has 3 N–H and O–H groups in total. The van der Waals surface area contributed by atoms with Crippen molar-refractivity contribution in [3.63, 3.8) is 0 Å². The summed E-state index contributed by atoms with van der Waals surface area (Å²) in [5.41, 5.74) is 2.25. The fraction of sp³-hybridized carbons (Fsp3) is 0.222. The van der Waals surface area contributed by atoms with Crippen LogP contribution in [0.4, 0.5) is 0 Å². The second kappa shape index (κ2) is 8.82. The van der Waals surface area contributed by atoms with Crippen LogP contribution < -0.4 is 9.46 Å². The van der Waals surface area contributed by atoms with Crippen LogP contribution in [0.25, 0.3) is 11.0 Å². The van der Waals surface area contributed by atoms with Crippen molar-refractivity contribution in [1.82, 2.24) is 14.7 Å². The number of aromatic amines is 1. The summed E-state index contributed by atoms with van der Waals surface area (Å²) in [5.74, 6) is 0.753. The molecule has 0 spiro atoms. The zero-order chi connectivity index (χ0) is 21.2. The van der Waals surface area contributed by atoms with Gasteiger partial charge in [0.1, 0.15) is 17.3 Å². The third-order valence-corrected chi connectivity index (χ3v) is 6.86. The second-order valence-electron chi connectivity index (χ2n) is 6.30. The summed E-state index contributed by atoms with van der Waals surface area (Å²) >= 11 is 6.96. The minimum atomic E-state index is -3.31. The Morgan fingerprint density at radius 1 is 1.24 bits per heavy atom. The lowest BCUT2D eigenvalue weighted by Crippen LogP contribution is -2.21. The molecule has 3 rings (SSSR count). The van der Waals surface area contributed by atoms with Gasteiger partial charge in [0.25, 0.3) is 0 Å². The Bertz CT molecular complexity index is 1180. The van der Waals surface area contributed by atoms with E-state index in [4.69, 9.17) is 9.84 Å². The maximum atomic E-state index is 11.2. The molecule has 3 aromatic rings. The van der Waals surface area contributed by atoms with Crippen molar-refractivity contribution in [2.24, 2.45) is 0 Å². The van der Waals surface area contributed by atoms with Crippen molar-refractivity contribution in [2.75, 3.05) is 6.26 Å². The topological polar surface area (TPSA) is 121 Å². The minimum Gasteiger partial charge on any atom is -0.481 e. The van der Waals surface area contributed by atoms with Gasteiger partial charge in [-0.15, -0.1) is 0 Å². The molecule has 0 radical (unpaired) electrons. The van der Waals surface area contributed by atoms with Gasteiger partial charge < -0.3 is 14.8 Å². The van der Waals surface area contributed by atoms with Gasteiger partial charge in [-0.25, -0.2) is 18.1 Å². The number of benzene rings is 2. The molecule has 0 amide bonds. The van der Waals surface area contributed by atoms with Crippen molar-refractivity contribution >= 4 is 58.9 Å². The predicted molar refractivity (Wildman–Crippen MR) is 116 cm³/mol. The number of H-pyrrole nitrogens is 1. The van der Waals surface area contributed by atoms with Gasteiger partial charge in [0.05, 0.1) is 28.3 Å². The summed E-state index contributed by atoms with van der Waals surface area (Å²) in [6.07, 6.45) is 1.53. The number of aryl methyl sites for hydroxylation is 1. The monoisotopic (exact) mass is 545 g/mol. The molecule has 0 aliphatic carbocycles. The Balaban J connectivity index is 1.79. The molecule has 0 atom stereocenters. The molecular formula is C18H17Br2N3O5S. The van der Waals surface area contributed by atoms with E-state index < -0.39 is 16.0 Å². The van der Waals surface area contributed by atoms with Crippen LogP contribution in [0.5, 0.6) is 11.5 Å². The Labute approximate surface area is 184 Å². The molecule has 11 heteroatoms. The first-order chi connectivity index (χ1) is 13.6. The van der Waals surface area contributed by atoms with Crippen molar-refractivity contribution in [1.29, 1.82) is 0 Å². The van der Waals surface area contributed by atoms with Crippen LogP contribution in [0, 0.1) is 0 Å². The van der Waals surface area contributed by atoms with E-state index in [2.05, 4.69) is 46.5 Å². The summed E-state index contributed by atoms with van der Waals surface area (Å²) in [6.45, 7) is 0.0694. The highest BCUT2D eigenvalue weighted by molar-refractivity contribution is 9.13. The summed E-state index contributed by atoms with van der Waals surface area (Å²) in [6, 6.07) is 8.89. The zero-order valence-corrected chi connectivity index (χ0v) is 19.2. The van der Waals surface area contributed by atoms with Crippen LogP contribution in [0.3, 0.4) is 0 Å². The Kier molecular flexibility index (Phi) is 6.62. The number of carboxylic acids is 1. The van der Waals surface area contributed by atoms with Gasteiger partial charge in [0, 0.05) is 17.0 Å². The molecule has 8 nitrogen and oxygen atoms in total. The number of halogens is 2. The lowest BCUT2D eigenvalue weighted by atomic mass is 10.1. The Morgan fingerprint density at radius 3 is 2.69 bits per heavy atom. The number of aromatic nitrogens is 2. The highest BCUT2D eigenvalue weighted by Crippen LogP contribution is 2.38. The third-order valence-electron chi connectivity index (χ3n) is 3.97. The van der Waals surface area contributed by atoms with E-state index in [-0.39, 0.29) is 13.0 Å². The van der Waals surface area contributed by atoms with Crippen molar-refractivity contribution in [3.8, 4) is 11.5 Å². The largest absolute Gasteiger partial charge is 0.481 e. The maximum Gasteiger partial charge on any atom is 0.303 e. The summed E-state index contributed by atoms with van der Waals surface area (Å²) in [7, 11) is -3.31. The average Bonchev–Trinajstić information content (AvgIpc) is 3.05. The number of nitrogens with one attached hydrogen (secondary N) is 2. The number of hydrogen-bond acceptors (Lipinski definition) is 5. The van der Waals surface area contributed by atoms with Gasteiger partial charge >= 0.3 is 5.97 Å². The molecule has 0 saturated heterocycles. The van der Waals surface area contributed by atoms with Crippen molar-refractivity contribution < 1.29 is 23.1 Å².